The summed E-state index contributed by atoms with van der Waals surface area (Å²) in [6.45, 7) is 0.993. The summed E-state index contributed by atoms with van der Waals surface area (Å²) in [7, 11) is 4.44. The molecule has 0 spiro atoms. The summed E-state index contributed by atoms with van der Waals surface area (Å²) >= 11 is 5.57. The summed E-state index contributed by atoms with van der Waals surface area (Å²) < 4.78 is 0. The highest BCUT2D eigenvalue weighted by atomic mass is 32.1. The summed E-state index contributed by atoms with van der Waals surface area (Å²) in [6, 6.07) is 0.644. The van der Waals surface area contributed by atoms with E-state index in [0.29, 0.717) is 11.6 Å². The van der Waals surface area contributed by atoms with Gasteiger partial charge in [-0.25, -0.2) is 0 Å². The van der Waals surface area contributed by atoms with E-state index in [0.717, 1.165) is 23.5 Å². The van der Waals surface area contributed by atoms with Crippen LogP contribution in [0.5, 0.6) is 0 Å². The molecule has 0 radical (unpaired) electrons. The number of fused-ring (bicyclic) bond motifs is 2. The molecular formula is C17H31N3S. The zero-order valence-electron chi connectivity index (χ0n) is 13.7. The van der Waals surface area contributed by atoms with Crippen LogP contribution in [0.15, 0.2) is 0 Å². The van der Waals surface area contributed by atoms with Crippen molar-refractivity contribution >= 4 is 17.3 Å². The lowest BCUT2D eigenvalue weighted by molar-refractivity contribution is 0.104. The molecule has 3 nitrogen and oxygen atoms in total. The van der Waals surface area contributed by atoms with E-state index in [1.807, 2.05) is 0 Å². The molecule has 0 unspecified atom stereocenters. The van der Waals surface area contributed by atoms with E-state index in [1.165, 1.54) is 57.8 Å². The largest absolute Gasteiger partial charge is 0.361 e. The molecule has 0 heterocycles. The maximum absolute atomic E-state index is 5.57. The lowest BCUT2D eigenvalue weighted by Gasteiger charge is -2.43. The Balaban J connectivity index is 1.48. The number of rotatable bonds is 4. The average Bonchev–Trinajstić information content (AvgIpc) is 3.08. The van der Waals surface area contributed by atoms with E-state index in [9.17, 15) is 0 Å². The van der Waals surface area contributed by atoms with Crippen molar-refractivity contribution < 1.29 is 0 Å². The standard InChI is InChI=1S/C17H31N3S/c1-20(2)17(8-4-3-5-9-17)12-18-16(21)19-15-11-13-6-7-14(15)10-13/h13-15H,3-12H2,1-2H3,(H2,18,19,21)/t13-,14-,15-/m0/s1. The Morgan fingerprint density at radius 2 is 1.90 bits per heavy atom. The molecule has 3 aliphatic rings. The first-order chi connectivity index (χ1) is 10.1. The second-order valence-corrected chi connectivity index (χ2v) is 8.20. The second-order valence-electron chi connectivity index (χ2n) is 7.79. The predicted molar refractivity (Wildman–Crippen MR) is 92.5 cm³/mol. The molecule has 3 rings (SSSR count). The van der Waals surface area contributed by atoms with Crippen molar-refractivity contribution in [2.75, 3.05) is 20.6 Å². The summed E-state index contributed by atoms with van der Waals surface area (Å²) in [5.74, 6) is 1.86. The fourth-order valence-electron chi connectivity index (χ4n) is 4.88. The van der Waals surface area contributed by atoms with Gasteiger partial charge in [0, 0.05) is 18.1 Å². The van der Waals surface area contributed by atoms with Gasteiger partial charge in [-0.1, -0.05) is 25.7 Å². The molecule has 120 valence electrons. The molecule has 3 atom stereocenters. The number of hydrogen-bond donors (Lipinski definition) is 2. The Morgan fingerprint density at radius 1 is 1.14 bits per heavy atom. The maximum atomic E-state index is 5.57. The smallest absolute Gasteiger partial charge is 0.166 e. The quantitative estimate of drug-likeness (QED) is 0.781. The van der Waals surface area contributed by atoms with Crippen molar-refractivity contribution in [2.24, 2.45) is 11.8 Å². The van der Waals surface area contributed by atoms with Gasteiger partial charge < -0.3 is 15.5 Å². The molecule has 3 saturated carbocycles. The molecular weight excluding hydrogens is 278 g/mol. The molecule has 2 bridgehead atoms. The molecule has 2 N–H and O–H groups in total. The van der Waals surface area contributed by atoms with Crippen LogP contribution in [0.2, 0.25) is 0 Å². The molecule has 3 fully saturated rings. The van der Waals surface area contributed by atoms with Crippen LogP contribution >= 0.6 is 12.2 Å². The fraction of sp³-hybridized carbons (Fsp3) is 0.941. The normalized spacial score (nSPS) is 34.1. The zero-order valence-corrected chi connectivity index (χ0v) is 14.5. The molecule has 0 saturated heterocycles. The van der Waals surface area contributed by atoms with Crippen molar-refractivity contribution in [2.45, 2.75) is 69.4 Å². The average molecular weight is 310 g/mol. The molecule has 0 aromatic heterocycles. The van der Waals surface area contributed by atoms with Gasteiger partial charge in [-0.2, -0.15) is 0 Å². The van der Waals surface area contributed by atoms with Gasteiger partial charge in [-0.15, -0.1) is 0 Å². The Bertz CT molecular complexity index is 376. The van der Waals surface area contributed by atoms with Gasteiger partial charge in [0.1, 0.15) is 0 Å². The molecule has 4 heteroatoms. The molecule has 0 aromatic carbocycles. The van der Waals surface area contributed by atoms with E-state index >= 15 is 0 Å². The van der Waals surface area contributed by atoms with Crippen molar-refractivity contribution in [1.82, 2.24) is 15.5 Å². The summed E-state index contributed by atoms with van der Waals surface area (Å²) in [5.41, 5.74) is 0.304. The van der Waals surface area contributed by atoms with E-state index < -0.39 is 0 Å². The number of nitrogens with zero attached hydrogens (tertiary/aromatic N) is 1. The highest BCUT2D eigenvalue weighted by Gasteiger charge is 2.40. The third-order valence-electron chi connectivity index (χ3n) is 6.37. The van der Waals surface area contributed by atoms with Crippen LogP contribution in [0.1, 0.15) is 57.8 Å². The van der Waals surface area contributed by atoms with Crippen LogP contribution in [0.4, 0.5) is 0 Å². The summed E-state index contributed by atoms with van der Waals surface area (Å²) in [5, 5.41) is 8.04. The lowest BCUT2D eigenvalue weighted by Crippen LogP contribution is -2.56. The topological polar surface area (TPSA) is 27.3 Å². The highest BCUT2D eigenvalue weighted by Crippen LogP contribution is 2.44. The van der Waals surface area contributed by atoms with Gasteiger partial charge in [0.25, 0.3) is 0 Å². The second kappa shape index (κ2) is 6.41. The van der Waals surface area contributed by atoms with Gasteiger partial charge >= 0.3 is 0 Å². The summed E-state index contributed by atoms with van der Waals surface area (Å²) in [4.78, 5) is 2.42. The van der Waals surface area contributed by atoms with E-state index in [2.05, 4.69) is 29.6 Å². The van der Waals surface area contributed by atoms with Crippen LogP contribution in [0.3, 0.4) is 0 Å². The number of hydrogen-bond acceptors (Lipinski definition) is 2. The monoisotopic (exact) mass is 309 g/mol. The molecule has 21 heavy (non-hydrogen) atoms. The van der Waals surface area contributed by atoms with E-state index in [-0.39, 0.29) is 0 Å². The SMILES string of the molecule is CN(C)C1(CNC(=S)N[C@H]2C[C@H]3CC[C@H]2C3)CCCCC1. The number of nitrogens with one attached hydrogen (secondary N) is 2. The van der Waals surface area contributed by atoms with Crippen molar-refractivity contribution in [3.8, 4) is 0 Å². The minimum absolute atomic E-state index is 0.304. The van der Waals surface area contributed by atoms with Crippen molar-refractivity contribution in [3.63, 3.8) is 0 Å². The molecule has 3 aliphatic carbocycles. The van der Waals surface area contributed by atoms with Crippen LogP contribution < -0.4 is 10.6 Å². The van der Waals surface area contributed by atoms with Crippen molar-refractivity contribution in [3.05, 3.63) is 0 Å². The third kappa shape index (κ3) is 3.37. The first-order valence-corrected chi connectivity index (χ1v) is 9.22. The van der Waals surface area contributed by atoms with Gasteiger partial charge in [0.05, 0.1) is 0 Å². The Labute approximate surface area is 135 Å². The van der Waals surface area contributed by atoms with Gasteiger partial charge in [0.2, 0.25) is 0 Å². The number of likely N-dealkylation sites (N-methyl/N-ethyl adjacent to an activating group) is 1. The first-order valence-electron chi connectivity index (χ1n) is 8.81. The summed E-state index contributed by atoms with van der Waals surface area (Å²) in [6.07, 6.45) is 12.3. The first kappa shape index (κ1) is 15.5. The fourth-order valence-corrected chi connectivity index (χ4v) is 5.10. The van der Waals surface area contributed by atoms with Crippen LogP contribution in [0.25, 0.3) is 0 Å². The minimum atomic E-state index is 0.304. The Kier molecular flexibility index (Phi) is 4.75. The van der Waals surface area contributed by atoms with E-state index in [1.54, 1.807) is 0 Å². The van der Waals surface area contributed by atoms with Gasteiger partial charge in [0.15, 0.2) is 5.11 Å². The van der Waals surface area contributed by atoms with Crippen molar-refractivity contribution in [1.29, 1.82) is 0 Å². The third-order valence-corrected chi connectivity index (χ3v) is 6.63. The van der Waals surface area contributed by atoms with Crippen LogP contribution in [0, 0.1) is 11.8 Å². The van der Waals surface area contributed by atoms with Crippen LogP contribution in [-0.2, 0) is 0 Å². The Morgan fingerprint density at radius 3 is 2.48 bits per heavy atom. The predicted octanol–water partition coefficient (Wildman–Crippen LogP) is 2.90. The zero-order chi connectivity index (χ0) is 14.9. The lowest BCUT2D eigenvalue weighted by atomic mass is 9.80. The minimum Gasteiger partial charge on any atom is -0.361 e. The van der Waals surface area contributed by atoms with E-state index in [4.69, 9.17) is 12.2 Å². The molecule has 0 amide bonds. The van der Waals surface area contributed by atoms with Gasteiger partial charge in [-0.05, 0) is 70.3 Å². The maximum Gasteiger partial charge on any atom is 0.166 e. The Hall–Kier alpha value is -0.350. The molecule has 0 aromatic rings. The van der Waals surface area contributed by atoms with Crippen LogP contribution in [-0.4, -0.2) is 42.2 Å². The van der Waals surface area contributed by atoms with Gasteiger partial charge in [-0.3, -0.25) is 0 Å². The molecule has 0 aliphatic heterocycles. The number of thiocarbonyl (C=S) groups is 1. The highest BCUT2D eigenvalue weighted by molar-refractivity contribution is 7.80.